The normalized spacial score (nSPS) is 26.6. The average Bonchev–Trinajstić information content (AvgIpc) is 3.09. The molecule has 32 heavy (non-hydrogen) atoms. The van der Waals surface area contributed by atoms with Crippen LogP contribution in [0.15, 0.2) is 12.3 Å². The SMILES string of the molecule is CCCS(=O)(=O)N1CCCC(N2CCCC(Nc3nccc(N4CCCCCC4)n3)C2)C1. The second-order valence-corrected chi connectivity index (χ2v) is 11.7. The first-order chi connectivity index (χ1) is 15.5. The van der Waals surface area contributed by atoms with Crippen molar-refractivity contribution >= 4 is 21.8 Å². The molecule has 0 aliphatic carbocycles. The van der Waals surface area contributed by atoms with Gasteiger partial charge in [-0.3, -0.25) is 4.90 Å². The van der Waals surface area contributed by atoms with Crippen molar-refractivity contribution < 1.29 is 8.42 Å². The molecule has 0 spiro atoms. The Hall–Kier alpha value is -1.45. The van der Waals surface area contributed by atoms with E-state index in [4.69, 9.17) is 4.98 Å². The second-order valence-electron chi connectivity index (χ2n) is 9.59. The van der Waals surface area contributed by atoms with Crippen molar-refractivity contribution in [2.75, 3.05) is 55.2 Å². The van der Waals surface area contributed by atoms with Gasteiger partial charge in [0, 0.05) is 51.0 Å². The quantitative estimate of drug-likeness (QED) is 0.664. The summed E-state index contributed by atoms with van der Waals surface area (Å²) in [4.78, 5) is 14.2. The largest absolute Gasteiger partial charge is 0.356 e. The van der Waals surface area contributed by atoms with Crippen LogP contribution in [-0.2, 0) is 10.0 Å². The van der Waals surface area contributed by atoms with Crippen LogP contribution < -0.4 is 10.2 Å². The molecule has 1 N–H and O–H groups in total. The van der Waals surface area contributed by atoms with Gasteiger partial charge in [-0.15, -0.1) is 0 Å². The third-order valence-corrected chi connectivity index (χ3v) is 9.13. The summed E-state index contributed by atoms with van der Waals surface area (Å²) < 4.78 is 26.9. The van der Waals surface area contributed by atoms with Gasteiger partial charge < -0.3 is 10.2 Å². The zero-order chi connectivity index (χ0) is 22.4. The highest BCUT2D eigenvalue weighted by Gasteiger charge is 2.33. The zero-order valence-corrected chi connectivity index (χ0v) is 20.4. The third-order valence-electron chi connectivity index (χ3n) is 7.09. The highest BCUT2D eigenvalue weighted by molar-refractivity contribution is 7.89. The summed E-state index contributed by atoms with van der Waals surface area (Å²) in [5.74, 6) is 2.00. The Labute approximate surface area is 193 Å². The summed E-state index contributed by atoms with van der Waals surface area (Å²) in [5, 5.41) is 3.58. The molecule has 0 aromatic carbocycles. The van der Waals surface area contributed by atoms with Crippen molar-refractivity contribution in [3.8, 4) is 0 Å². The van der Waals surface area contributed by atoms with Gasteiger partial charge in [0.25, 0.3) is 0 Å². The standard InChI is InChI=1S/C23H40N6O2S/c1-2-17-32(30,31)29-16-8-10-21(19-29)28-15-7-9-20(18-28)25-23-24-12-11-22(26-23)27-13-5-3-4-6-14-27/h11-12,20-21H,2-10,13-19H2,1H3,(H,24,25,26). The number of hydrogen-bond acceptors (Lipinski definition) is 7. The van der Waals surface area contributed by atoms with Crippen LogP contribution in [0, 0.1) is 0 Å². The number of nitrogens with one attached hydrogen (secondary N) is 1. The Morgan fingerprint density at radius 2 is 1.78 bits per heavy atom. The number of rotatable bonds is 7. The van der Waals surface area contributed by atoms with Gasteiger partial charge in [0.1, 0.15) is 5.82 Å². The van der Waals surface area contributed by atoms with E-state index in [0.717, 1.165) is 63.6 Å². The number of hydrogen-bond donors (Lipinski definition) is 1. The van der Waals surface area contributed by atoms with Gasteiger partial charge in [0.2, 0.25) is 16.0 Å². The van der Waals surface area contributed by atoms with Crippen LogP contribution in [0.2, 0.25) is 0 Å². The molecule has 3 aliphatic heterocycles. The van der Waals surface area contributed by atoms with Crippen LogP contribution in [0.25, 0.3) is 0 Å². The number of likely N-dealkylation sites (tertiary alicyclic amines) is 1. The lowest BCUT2D eigenvalue weighted by atomic mass is 9.99. The highest BCUT2D eigenvalue weighted by atomic mass is 32.2. The minimum absolute atomic E-state index is 0.259. The molecule has 8 nitrogen and oxygen atoms in total. The van der Waals surface area contributed by atoms with Crippen molar-refractivity contribution in [2.45, 2.75) is 76.8 Å². The summed E-state index contributed by atoms with van der Waals surface area (Å²) in [6.45, 7) is 7.35. The summed E-state index contributed by atoms with van der Waals surface area (Å²) in [6, 6.07) is 2.63. The van der Waals surface area contributed by atoms with E-state index < -0.39 is 10.0 Å². The molecule has 4 heterocycles. The lowest BCUT2D eigenvalue weighted by molar-refractivity contribution is 0.108. The van der Waals surface area contributed by atoms with E-state index in [2.05, 4.69) is 20.1 Å². The Morgan fingerprint density at radius 3 is 2.56 bits per heavy atom. The third kappa shape index (κ3) is 6.11. The Kier molecular flexibility index (Phi) is 8.23. The molecule has 0 bridgehead atoms. The molecule has 9 heteroatoms. The van der Waals surface area contributed by atoms with E-state index in [1.165, 1.54) is 25.7 Å². The molecule has 2 atom stereocenters. The van der Waals surface area contributed by atoms with Crippen molar-refractivity contribution in [3.05, 3.63) is 12.3 Å². The number of anilines is 2. The van der Waals surface area contributed by atoms with Gasteiger partial charge in [0.05, 0.1) is 5.75 Å². The molecule has 1 aromatic heterocycles. The van der Waals surface area contributed by atoms with Crippen molar-refractivity contribution in [3.63, 3.8) is 0 Å². The minimum Gasteiger partial charge on any atom is -0.356 e. The van der Waals surface area contributed by atoms with Crippen LogP contribution in [0.3, 0.4) is 0 Å². The Morgan fingerprint density at radius 1 is 1.00 bits per heavy atom. The maximum Gasteiger partial charge on any atom is 0.224 e. The van der Waals surface area contributed by atoms with Gasteiger partial charge in [-0.25, -0.2) is 17.7 Å². The smallest absolute Gasteiger partial charge is 0.224 e. The summed E-state index contributed by atoms with van der Waals surface area (Å²) in [6.07, 6.45) is 11.9. The monoisotopic (exact) mass is 464 g/mol. The van der Waals surface area contributed by atoms with E-state index in [9.17, 15) is 8.42 Å². The molecule has 1 aromatic rings. The van der Waals surface area contributed by atoms with E-state index in [0.29, 0.717) is 31.6 Å². The fraction of sp³-hybridized carbons (Fsp3) is 0.826. The molecule has 0 radical (unpaired) electrons. The molecule has 0 saturated carbocycles. The molecule has 3 fully saturated rings. The average molecular weight is 465 g/mol. The van der Waals surface area contributed by atoms with Gasteiger partial charge in [-0.1, -0.05) is 19.8 Å². The van der Waals surface area contributed by atoms with Crippen LogP contribution in [0.1, 0.15) is 64.7 Å². The van der Waals surface area contributed by atoms with Crippen molar-refractivity contribution in [1.82, 2.24) is 19.2 Å². The predicted molar refractivity (Wildman–Crippen MR) is 130 cm³/mol. The number of nitrogens with zero attached hydrogens (tertiary/aromatic N) is 5. The first kappa shape index (κ1) is 23.7. The lowest BCUT2D eigenvalue weighted by Crippen LogP contribution is -2.54. The highest BCUT2D eigenvalue weighted by Crippen LogP contribution is 2.24. The molecule has 2 unspecified atom stereocenters. The van der Waals surface area contributed by atoms with Crippen molar-refractivity contribution in [2.24, 2.45) is 0 Å². The van der Waals surface area contributed by atoms with Crippen LogP contribution in [-0.4, -0.2) is 84.7 Å². The maximum absolute atomic E-state index is 12.6. The second kappa shape index (κ2) is 11.1. The Balaban J connectivity index is 1.35. The van der Waals surface area contributed by atoms with E-state index in [1.54, 1.807) is 4.31 Å². The Bertz CT molecular complexity index is 828. The fourth-order valence-corrected chi connectivity index (χ4v) is 6.97. The first-order valence-electron chi connectivity index (χ1n) is 12.6. The molecule has 3 aliphatic rings. The van der Waals surface area contributed by atoms with Gasteiger partial charge >= 0.3 is 0 Å². The molecule has 3 saturated heterocycles. The first-order valence-corrected chi connectivity index (χ1v) is 14.2. The van der Waals surface area contributed by atoms with E-state index in [-0.39, 0.29) is 5.75 Å². The minimum atomic E-state index is -3.12. The molecule has 4 rings (SSSR count). The molecular weight excluding hydrogens is 424 g/mol. The van der Waals surface area contributed by atoms with Crippen LogP contribution in [0.5, 0.6) is 0 Å². The maximum atomic E-state index is 12.6. The van der Waals surface area contributed by atoms with Crippen molar-refractivity contribution in [1.29, 1.82) is 0 Å². The van der Waals surface area contributed by atoms with Gasteiger partial charge in [-0.2, -0.15) is 4.98 Å². The van der Waals surface area contributed by atoms with E-state index in [1.807, 2.05) is 19.2 Å². The lowest BCUT2D eigenvalue weighted by Gasteiger charge is -2.42. The molecule has 0 amide bonds. The number of aromatic nitrogens is 2. The topological polar surface area (TPSA) is 81.7 Å². The fourth-order valence-electron chi connectivity index (χ4n) is 5.39. The molecular formula is C23H40N6O2S. The zero-order valence-electron chi connectivity index (χ0n) is 19.6. The summed E-state index contributed by atoms with van der Waals surface area (Å²) >= 11 is 0. The van der Waals surface area contributed by atoms with Gasteiger partial charge in [-0.05, 0) is 57.6 Å². The summed E-state index contributed by atoms with van der Waals surface area (Å²) in [5.41, 5.74) is 0. The molecule has 180 valence electrons. The van der Waals surface area contributed by atoms with E-state index >= 15 is 0 Å². The predicted octanol–water partition coefficient (Wildman–Crippen LogP) is 2.94. The number of sulfonamides is 1. The van der Waals surface area contributed by atoms with Gasteiger partial charge in [0.15, 0.2) is 0 Å². The van der Waals surface area contributed by atoms with Crippen LogP contribution >= 0.6 is 0 Å². The number of piperidine rings is 2. The van der Waals surface area contributed by atoms with Crippen LogP contribution in [0.4, 0.5) is 11.8 Å². The summed E-state index contributed by atoms with van der Waals surface area (Å²) in [7, 11) is -3.12.